The summed E-state index contributed by atoms with van der Waals surface area (Å²) < 4.78 is 30.4. The first kappa shape index (κ1) is 78.5. The second-order valence-corrected chi connectivity index (χ2v) is 26.8. The highest BCUT2D eigenvalue weighted by Gasteiger charge is 2.27. The Morgan fingerprint density at radius 1 is 0.425 bits per heavy atom. The lowest BCUT2D eigenvalue weighted by Gasteiger charge is -2.30. The molecule has 0 aromatic heterocycles. The van der Waals surface area contributed by atoms with Gasteiger partial charge in [-0.15, -0.1) is 0 Å². The van der Waals surface area contributed by atoms with Gasteiger partial charge < -0.3 is 28.5 Å². The number of hydrogen-bond acceptors (Lipinski definition) is 7. The molecule has 0 aromatic rings. The summed E-state index contributed by atoms with van der Waals surface area (Å²) in [5.74, 6) is -0.519. The number of likely N-dealkylation sites (N-methyl/N-ethyl adjacent to an activating group) is 1. The number of allylic oxidation sites excluding steroid dienone is 3. The van der Waals surface area contributed by atoms with Crippen LogP contribution in [0.1, 0.15) is 361 Å². The highest BCUT2D eigenvalue weighted by molar-refractivity contribution is 7.45. The Morgan fingerprint density at radius 2 is 0.725 bits per heavy atom. The third kappa shape index (κ3) is 61.1. The van der Waals surface area contributed by atoms with Crippen LogP contribution in [0.25, 0.3) is 0 Å². The molecule has 0 aromatic carbocycles. The lowest BCUT2D eigenvalue weighted by molar-refractivity contribution is -0.870. The summed E-state index contributed by atoms with van der Waals surface area (Å²) in [6.45, 7) is 6.91. The Morgan fingerprint density at radius 3 is 1.06 bits per heavy atom. The standard InChI is InChI=1S/C70H137N2O7P/c1-7-10-13-16-19-22-25-28-30-32-34-36-38-40-42-44-47-50-53-56-59-62-69(73)71-67(66-78-80(75,76)77-65-64-72(4,5)6)68(61-58-55-52-49-46-27-24-21-18-15-12-9-3)79-70(74)63-60-57-54-51-48-45-43-41-39-37-35-33-31-29-26-23-20-17-14-11-8-2/h29,31,58,61,67-68H,7-28,30,32-57,59-60,62-66H2,1-6H3,(H-,71,73,75,76)/b31-29+,61-58+. The van der Waals surface area contributed by atoms with Gasteiger partial charge in [0, 0.05) is 12.8 Å². The van der Waals surface area contributed by atoms with Gasteiger partial charge in [0.1, 0.15) is 19.3 Å². The molecule has 9 nitrogen and oxygen atoms in total. The first-order chi connectivity index (χ1) is 38.9. The van der Waals surface area contributed by atoms with E-state index in [4.69, 9.17) is 13.8 Å². The fourth-order valence-corrected chi connectivity index (χ4v) is 11.4. The maximum atomic E-state index is 13.6. The molecule has 0 saturated heterocycles. The summed E-state index contributed by atoms with van der Waals surface area (Å²) in [5.41, 5.74) is 0. The normalized spacial score (nSPS) is 13.6. The van der Waals surface area contributed by atoms with Gasteiger partial charge in [-0.25, -0.2) is 0 Å². The zero-order chi connectivity index (χ0) is 58.6. The largest absolute Gasteiger partial charge is 0.756 e. The van der Waals surface area contributed by atoms with Crippen LogP contribution in [0.4, 0.5) is 0 Å². The fourth-order valence-electron chi connectivity index (χ4n) is 10.7. The fraction of sp³-hybridized carbons (Fsp3) is 0.914. The number of nitrogens with zero attached hydrogens (tertiary/aromatic N) is 1. The average Bonchev–Trinajstić information content (AvgIpc) is 3.42. The number of nitrogens with one attached hydrogen (secondary N) is 1. The van der Waals surface area contributed by atoms with E-state index in [1.54, 1.807) is 0 Å². The second kappa shape index (κ2) is 60.6. The van der Waals surface area contributed by atoms with Gasteiger partial charge in [0.15, 0.2) is 0 Å². The molecular formula is C70H137N2O7P. The molecule has 0 radical (unpaired) electrons. The number of unbranched alkanes of at least 4 members (excludes halogenated alkanes) is 47. The summed E-state index contributed by atoms with van der Waals surface area (Å²) in [5, 5.41) is 3.05. The van der Waals surface area contributed by atoms with Crippen molar-refractivity contribution in [3.8, 4) is 0 Å². The number of hydrogen-bond donors (Lipinski definition) is 1. The predicted molar refractivity (Wildman–Crippen MR) is 344 cm³/mol. The van der Waals surface area contributed by atoms with E-state index >= 15 is 0 Å². The van der Waals surface area contributed by atoms with Gasteiger partial charge in [0.05, 0.1) is 33.8 Å². The van der Waals surface area contributed by atoms with Gasteiger partial charge in [-0.3, -0.25) is 14.2 Å². The van der Waals surface area contributed by atoms with Crippen molar-refractivity contribution in [3.63, 3.8) is 0 Å². The van der Waals surface area contributed by atoms with E-state index in [0.29, 0.717) is 17.4 Å². The number of rotatable bonds is 65. The number of amides is 1. The van der Waals surface area contributed by atoms with Gasteiger partial charge >= 0.3 is 5.97 Å². The molecule has 10 heteroatoms. The molecule has 80 heavy (non-hydrogen) atoms. The van der Waals surface area contributed by atoms with Gasteiger partial charge in [0.2, 0.25) is 5.91 Å². The lowest BCUT2D eigenvalue weighted by atomic mass is 10.0. The molecule has 3 unspecified atom stereocenters. The molecule has 0 aliphatic rings. The van der Waals surface area contributed by atoms with Crippen LogP contribution < -0.4 is 10.2 Å². The van der Waals surface area contributed by atoms with Crippen LogP contribution in [0, 0.1) is 0 Å². The molecule has 0 bridgehead atoms. The Bertz CT molecular complexity index is 1420. The molecule has 0 rings (SSSR count). The smallest absolute Gasteiger partial charge is 0.306 e. The van der Waals surface area contributed by atoms with Crippen LogP contribution in [0.5, 0.6) is 0 Å². The number of esters is 1. The summed E-state index contributed by atoms with van der Waals surface area (Å²) in [6, 6.07) is -0.883. The number of carbonyl (C=O) groups excluding carboxylic acids is 2. The van der Waals surface area contributed by atoms with Crippen molar-refractivity contribution in [1.82, 2.24) is 5.32 Å². The Kier molecular flexibility index (Phi) is 59.5. The van der Waals surface area contributed by atoms with E-state index in [2.05, 4.69) is 38.2 Å². The first-order valence-electron chi connectivity index (χ1n) is 35.1. The van der Waals surface area contributed by atoms with Crippen LogP contribution in [-0.4, -0.2) is 69.4 Å². The van der Waals surface area contributed by atoms with E-state index in [1.807, 2.05) is 33.3 Å². The minimum atomic E-state index is -4.70. The highest BCUT2D eigenvalue weighted by atomic mass is 31.2. The topological polar surface area (TPSA) is 114 Å². The SMILES string of the molecule is CCCCCCCC/C=C/CCCCCCCCCCCCCC(=O)OC(/C=C/CCCCCCCCCCCC)C(COP(=O)([O-])OCC[N+](C)(C)C)NC(=O)CCCCCCCCCCCCCCCCCCCCCCC. The molecule has 0 fully saturated rings. The molecular weight excluding hydrogens is 1010 g/mol. The molecule has 474 valence electrons. The van der Waals surface area contributed by atoms with Crippen LogP contribution >= 0.6 is 7.82 Å². The summed E-state index contributed by atoms with van der Waals surface area (Å²) in [7, 11) is 1.21. The zero-order valence-corrected chi connectivity index (χ0v) is 55.2. The third-order valence-electron chi connectivity index (χ3n) is 16.1. The maximum absolute atomic E-state index is 13.6. The van der Waals surface area contributed by atoms with Crippen molar-refractivity contribution < 1.29 is 37.3 Å². The van der Waals surface area contributed by atoms with Crippen LogP contribution in [0.15, 0.2) is 24.3 Å². The number of ether oxygens (including phenoxy) is 1. The van der Waals surface area contributed by atoms with Crippen molar-refractivity contribution in [2.75, 3.05) is 40.9 Å². The molecule has 0 aliphatic carbocycles. The van der Waals surface area contributed by atoms with Gasteiger partial charge in [-0.1, -0.05) is 315 Å². The van der Waals surface area contributed by atoms with E-state index in [9.17, 15) is 19.0 Å². The minimum Gasteiger partial charge on any atom is -0.756 e. The number of quaternary nitrogens is 1. The summed E-state index contributed by atoms with van der Waals surface area (Å²) >= 11 is 0. The van der Waals surface area contributed by atoms with Crippen LogP contribution in [0.2, 0.25) is 0 Å². The number of carbonyl (C=O) groups is 2. The van der Waals surface area contributed by atoms with E-state index in [1.165, 1.54) is 270 Å². The molecule has 0 saturated carbocycles. The summed E-state index contributed by atoms with van der Waals surface area (Å²) in [6.07, 6.45) is 73.0. The Hall–Kier alpha value is -1.51. The third-order valence-corrected chi connectivity index (χ3v) is 17.1. The van der Waals surface area contributed by atoms with Crippen molar-refractivity contribution in [2.45, 2.75) is 373 Å². The zero-order valence-electron chi connectivity index (χ0n) is 54.3. The predicted octanol–water partition coefficient (Wildman–Crippen LogP) is 21.4. The first-order valence-corrected chi connectivity index (χ1v) is 36.6. The molecule has 3 atom stereocenters. The Labute approximate surface area is 498 Å². The van der Waals surface area contributed by atoms with Crippen LogP contribution in [-0.2, 0) is 27.9 Å². The Balaban J connectivity index is 5.07. The van der Waals surface area contributed by atoms with E-state index in [0.717, 1.165) is 57.8 Å². The van der Waals surface area contributed by atoms with E-state index in [-0.39, 0.29) is 31.5 Å². The second-order valence-electron chi connectivity index (χ2n) is 25.4. The van der Waals surface area contributed by atoms with Gasteiger partial charge in [0.25, 0.3) is 7.82 Å². The molecule has 0 spiro atoms. The monoisotopic (exact) mass is 1150 g/mol. The highest BCUT2D eigenvalue weighted by Crippen LogP contribution is 2.38. The van der Waals surface area contributed by atoms with Crippen molar-refractivity contribution in [2.24, 2.45) is 0 Å². The average molecular weight is 1150 g/mol. The van der Waals surface area contributed by atoms with Crippen molar-refractivity contribution in [3.05, 3.63) is 24.3 Å². The van der Waals surface area contributed by atoms with Crippen LogP contribution in [0.3, 0.4) is 0 Å². The molecule has 1 amide bonds. The lowest BCUT2D eigenvalue weighted by Crippen LogP contribution is -2.47. The van der Waals surface area contributed by atoms with E-state index < -0.39 is 20.0 Å². The molecule has 0 aliphatic heterocycles. The van der Waals surface area contributed by atoms with Gasteiger partial charge in [-0.2, -0.15) is 0 Å². The number of phosphoric ester groups is 1. The van der Waals surface area contributed by atoms with Gasteiger partial charge in [-0.05, 0) is 57.4 Å². The van der Waals surface area contributed by atoms with Crippen molar-refractivity contribution in [1.29, 1.82) is 0 Å². The van der Waals surface area contributed by atoms with Crippen molar-refractivity contribution >= 4 is 19.7 Å². The summed E-state index contributed by atoms with van der Waals surface area (Å²) in [4.78, 5) is 40.1. The maximum Gasteiger partial charge on any atom is 0.306 e. The minimum absolute atomic E-state index is 0.0182. The molecule has 1 N–H and O–H groups in total. The molecule has 0 heterocycles. The number of phosphoric acid groups is 1. The quantitative estimate of drug-likeness (QED) is 0.0212.